The van der Waals surface area contributed by atoms with Crippen LogP contribution in [-0.2, 0) is 0 Å². The summed E-state index contributed by atoms with van der Waals surface area (Å²) in [6, 6.07) is 11.0. The minimum Gasteiger partial charge on any atom is -0.435 e. The first-order chi connectivity index (χ1) is 12.8. The van der Waals surface area contributed by atoms with E-state index in [1.54, 1.807) is 37.3 Å². The number of nitrogens with zero attached hydrogens (tertiary/aromatic N) is 3. The van der Waals surface area contributed by atoms with Crippen LogP contribution in [0.4, 0.5) is 14.5 Å². The zero-order valence-electron chi connectivity index (χ0n) is 14.4. The highest BCUT2D eigenvalue weighted by Crippen LogP contribution is 2.20. The second-order valence-corrected chi connectivity index (χ2v) is 6.09. The Morgan fingerprint density at radius 3 is 2.52 bits per heavy atom. The number of benzene rings is 2. The molecule has 0 aliphatic heterocycles. The first kappa shape index (κ1) is 18.8. The van der Waals surface area contributed by atoms with Gasteiger partial charge in [0.1, 0.15) is 11.6 Å². The smallest absolute Gasteiger partial charge is 0.387 e. The summed E-state index contributed by atoms with van der Waals surface area (Å²) in [4.78, 5) is 16.6. The van der Waals surface area contributed by atoms with Gasteiger partial charge in [0, 0.05) is 10.7 Å². The number of hydrogen-bond donors (Lipinski definition) is 1. The summed E-state index contributed by atoms with van der Waals surface area (Å²) in [5, 5.41) is 7.50. The number of anilines is 1. The van der Waals surface area contributed by atoms with Gasteiger partial charge in [0.15, 0.2) is 0 Å². The molecule has 6 nitrogen and oxygen atoms in total. The molecule has 0 aliphatic rings. The fraction of sp³-hybridized carbons (Fsp3) is 0.167. The number of halogens is 3. The molecule has 1 heterocycles. The molecule has 0 bridgehead atoms. The SMILES string of the molecule is Cc1cc(NC(=O)c2nc(C)n(-c3ccc(OC(F)F)cc3)n2)ccc1Cl. The van der Waals surface area contributed by atoms with E-state index in [1.807, 2.05) is 6.92 Å². The minimum atomic E-state index is -2.89. The van der Waals surface area contributed by atoms with Gasteiger partial charge in [-0.3, -0.25) is 4.79 Å². The van der Waals surface area contributed by atoms with E-state index < -0.39 is 12.5 Å². The molecular weight excluding hydrogens is 378 g/mol. The number of aromatic nitrogens is 3. The van der Waals surface area contributed by atoms with Crippen LogP contribution in [-0.4, -0.2) is 27.3 Å². The van der Waals surface area contributed by atoms with Gasteiger partial charge in [-0.2, -0.15) is 8.78 Å². The van der Waals surface area contributed by atoms with Gasteiger partial charge >= 0.3 is 6.61 Å². The molecular formula is C18H15ClF2N4O2. The first-order valence-electron chi connectivity index (χ1n) is 7.90. The largest absolute Gasteiger partial charge is 0.435 e. The van der Waals surface area contributed by atoms with Crippen LogP contribution in [0.25, 0.3) is 5.69 Å². The van der Waals surface area contributed by atoms with Crippen LogP contribution in [0.15, 0.2) is 42.5 Å². The molecule has 0 atom stereocenters. The van der Waals surface area contributed by atoms with E-state index in [9.17, 15) is 13.6 Å². The van der Waals surface area contributed by atoms with Crippen molar-refractivity contribution in [1.29, 1.82) is 0 Å². The standard InChI is InChI=1S/C18H15ClF2N4O2/c1-10-9-12(3-8-15(10)19)23-17(26)16-22-11(2)25(24-16)13-4-6-14(7-5-13)27-18(20)21/h3-9,18H,1-2H3,(H,23,26). The highest BCUT2D eigenvalue weighted by molar-refractivity contribution is 6.31. The Labute approximate surface area is 158 Å². The maximum absolute atomic E-state index is 12.4. The summed E-state index contributed by atoms with van der Waals surface area (Å²) < 4.78 is 30.2. The number of ether oxygens (including phenoxy) is 1. The quantitative estimate of drug-likeness (QED) is 0.699. The first-order valence-corrected chi connectivity index (χ1v) is 8.27. The van der Waals surface area contributed by atoms with Crippen molar-refractivity contribution in [3.8, 4) is 11.4 Å². The Balaban J connectivity index is 1.79. The van der Waals surface area contributed by atoms with Gasteiger partial charge in [-0.1, -0.05) is 11.6 Å². The average molecular weight is 393 g/mol. The number of nitrogens with one attached hydrogen (secondary N) is 1. The topological polar surface area (TPSA) is 69.0 Å². The van der Waals surface area contributed by atoms with Gasteiger partial charge < -0.3 is 10.1 Å². The minimum absolute atomic E-state index is 0.0204. The zero-order chi connectivity index (χ0) is 19.6. The van der Waals surface area contributed by atoms with Crippen LogP contribution in [0.2, 0.25) is 5.02 Å². The molecule has 0 fully saturated rings. The lowest BCUT2D eigenvalue weighted by Gasteiger charge is -2.06. The monoisotopic (exact) mass is 392 g/mol. The molecule has 9 heteroatoms. The molecule has 1 aromatic heterocycles. The number of alkyl halides is 2. The van der Waals surface area contributed by atoms with E-state index in [0.717, 1.165) is 5.56 Å². The third-order valence-corrected chi connectivity index (χ3v) is 4.12. The zero-order valence-corrected chi connectivity index (χ0v) is 15.2. The van der Waals surface area contributed by atoms with Crippen LogP contribution < -0.4 is 10.1 Å². The molecule has 0 unspecified atom stereocenters. The van der Waals surface area contributed by atoms with E-state index in [0.29, 0.717) is 22.2 Å². The van der Waals surface area contributed by atoms with Crippen molar-refractivity contribution in [1.82, 2.24) is 14.8 Å². The lowest BCUT2D eigenvalue weighted by atomic mass is 10.2. The van der Waals surface area contributed by atoms with Crippen molar-refractivity contribution < 1.29 is 18.3 Å². The Morgan fingerprint density at radius 1 is 1.19 bits per heavy atom. The summed E-state index contributed by atoms with van der Waals surface area (Å²) in [6.45, 7) is 0.617. The predicted molar refractivity (Wildman–Crippen MR) is 96.9 cm³/mol. The van der Waals surface area contributed by atoms with Gasteiger partial charge in [0.25, 0.3) is 5.91 Å². The van der Waals surface area contributed by atoms with Crippen molar-refractivity contribution >= 4 is 23.2 Å². The molecule has 2 aromatic carbocycles. The maximum atomic E-state index is 12.4. The van der Waals surface area contributed by atoms with E-state index in [4.69, 9.17) is 11.6 Å². The van der Waals surface area contributed by atoms with Crippen LogP contribution in [0.1, 0.15) is 22.0 Å². The number of carbonyl (C=O) groups excluding carboxylic acids is 1. The van der Waals surface area contributed by atoms with E-state index >= 15 is 0 Å². The van der Waals surface area contributed by atoms with Crippen LogP contribution in [0, 0.1) is 13.8 Å². The highest BCUT2D eigenvalue weighted by atomic mass is 35.5. The lowest BCUT2D eigenvalue weighted by Crippen LogP contribution is -2.14. The maximum Gasteiger partial charge on any atom is 0.387 e. The lowest BCUT2D eigenvalue weighted by molar-refractivity contribution is -0.0498. The number of amides is 1. The van der Waals surface area contributed by atoms with Crippen molar-refractivity contribution in [3.05, 3.63) is 64.7 Å². The van der Waals surface area contributed by atoms with Gasteiger partial charge in [0.05, 0.1) is 5.69 Å². The van der Waals surface area contributed by atoms with Crippen molar-refractivity contribution in [2.45, 2.75) is 20.5 Å². The number of carbonyl (C=O) groups is 1. The van der Waals surface area contributed by atoms with E-state index in [2.05, 4.69) is 20.1 Å². The number of rotatable bonds is 5. The second kappa shape index (κ2) is 7.71. The van der Waals surface area contributed by atoms with Gasteiger partial charge in [-0.25, -0.2) is 9.67 Å². The molecule has 1 amide bonds. The molecule has 27 heavy (non-hydrogen) atoms. The number of aryl methyl sites for hydroxylation is 2. The third-order valence-electron chi connectivity index (χ3n) is 3.69. The van der Waals surface area contributed by atoms with Gasteiger partial charge in [0.2, 0.25) is 5.82 Å². The summed E-state index contributed by atoms with van der Waals surface area (Å²) in [7, 11) is 0. The summed E-state index contributed by atoms with van der Waals surface area (Å²) in [5.74, 6) is 0.00166. The molecule has 1 N–H and O–H groups in total. The number of hydrogen-bond acceptors (Lipinski definition) is 4. The summed E-state index contributed by atoms with van der Waals surface area (Å²) in [6.07, 6.45) is 0. The van der Waals surface area contributed by atoms with Crippen molar-refractivity contribution in [2.24, 2.45) is 0 Å². The average Bonchev–Trinajstić information content (AvgIpc) is 3.00. The Hall–Kier alpha value is -3.00. The van der Waals surface area contributed by atoms with Crippen LogP contribution in [0.5, 0.6) is 5.75 Å². The summed E-state index contributed by atoms with van der Waals surface area (Å²) >= 11 is 5.97. The van der Waals surface area contributed by atoms with Crippen LogP contribution >= 0.6 is 11.6 Å². The van der Waals surface area contributed by atoms with Crippen molar-refractivity contribution in [3.63, 3.8) is 0 Å². The van der Waals surface area contributed by atoms with Crippen molar-refractivity contribution in [2.75, 3.05) is 5.32 Å². The Bertz CT molecular complexity index is 974. The fourth-order valence-corrected chi connectivity index (χ4v) is 2.53. The fourth-order valence-electron chi connectivity index (χ4n) is 2.41. The molecule has 0 spiro atoms. The second-order valence-electron chi connectivity index (χ2n) is 5.68. The normalized spacial score (nSPS) is 10.9. The molecule has 0 radical (unpaired) electrons. The summed E-state index contributed by atoms with van der Waals surface area (Å²) in [5.41, 5.74) is 1.96. The third kappa shape index (κ3) is 4.40. The van der Waals surface area contributed by atoms with Gasteiger partial charge in [-0.05, 0) is 61.9 Å². The molecule has 140 valence electrons. The molecule has 0 saturated carbocycles. The Kier molecular flexibility index (Phi) is 5.36. The molecule has 0 aliphatic carbocycles. The van der Waals surface area contributed by atoms with E-state index in [1.165, 1.54) is 16.8 Å². The molecule has 3 aromatic rings. The predicted octanol–water partition coefficient (Wildman–Crippen LogP) is 4.39. The molecule has 3 rings (SSSR count). The van der Waals surface area contributed by atoms with Gasteiger partial charge in [-0.15, -0.1) is 5.10 Å². The van der Waals surface area contributed by atoms with Crippen LogP contribution in [0.3, 0.4) is 0 Å². The van der Waals surface area contributed by atoms with E-state index in [-0.39, 0.29) is 11.6 Å². The highest BCUT2D eigenvalue weighted by Gasteiger charge is 2.16. The Morgan fingerprint density at radius 2 is 1.89 bits per heavy atom. The molecule has 0 saturated heterocycles.